The Morgan fingerprint density at radius 2 is 2.07 bits per heavy atom. The van der Waals surface area contributed by atoms with E-state index < -0.39 is 0 Å². The van der Waals surface area contributed by atoms with Crippen LogP contribution in [0.15, 0.2) is 58.2 Å². The summed E-state index contributed by atoms with van der Waals surface area (Å²) in [5, 5.41) is 8.01. The van der Waals surface area contributed by atoms with E-state index in [-0.39, 0.29) is 6.03 Å². The van der Waals surface area contributed by atoms with Crippen molar-refractivity contribution in [1.29, 1.82) is 0 Å². The van der Waals surface area contributed by atoms with E-state index in [2.05, 4.69) is 68.5 Å². The number of benzene rings is 2. The minimum atomic E-state index is -0.376. The van der Waals surface area contributed by atoms with Gasteiger partial charge < -0.3 is 9.88 Å². The van der Waals surface area contributed by atoms with Gasteiger partial charge in [0.05, 0.1) is 6.21 Å². The number of para-hydroxylation sites is 1. The number of hydrogen-bond acceptors (Lipinski definition) is 2. The van der Waals surface area contributed by atoms with Crippen molar-refractivity contribution in [2.24, 2.45) is 5.10 Å². The van der Waals surface area contributed by atoms with Gasteiger partial charge in [-0.05, 0) is 50.1 Å². The van der Waals surface area contributed by atoms with Gasteiger partial charge in [0, 0.05) is 38.9 Å². The van der Waals surface area contributed by atoms with Crippen molar-refractivity contribution < 1.29 is 4.79 Å². The van der Waals surface area contributed by atoms with Crippen molar-refractivity contribution >= 4 is 44.8 Å². The lowest BCUT2D eigenvalue weighted by Gasteiger charge is -2.12. The predicted octanol–water partition coefficient (Wildman–Crippen LogP) is 5.84. The maximum absolute atomic E-state index is 12.1. The molecule has 0 saturated carbocycles. The number of urea groups is 1. The Balaban J connectivity index is 1.72. The van der Waals surface area contributed by atoms with Crippen LogP contribution in [0.1, 0.15) is 37.4 Å². The molecule has 0 unspecified atom stereocenters. The lowest BCUT2D eigenvalue weighted by molar-refractivity contribution is 0.252. The standard InChI is InChI=1S/C21H23BrN4O/c1-4-15(3)26-13-16(18-7-5-6-8-20(18)26)12-23-25-21(27)24-17-9-10-19(22)14(2)11-17/h5-13,15H,4H2,1-3H3,(H2,24,25,27)/b23-12-/t15-/m1/s1. The number of hydrogen-bond donors (Lipinski definition) is 2. The Labute approximate surface area is 167 Å². The Hall–Kier alpha value is -2.60. The number of amides is 2. The fourth-order valence-corrected chi connectivity index (χ4v) is 3.18. The molecule has 2 aromatic carbocycles. The fourth-order valence-electron chi connectivity index (χ4n) is 2.94. The van der Waals surface area contributed by atoms with Crippen LogP contribution in [0.25, 0.3) is 10.9 Å². The summed E-state index contributed by atoms with van der Waals surface area (Å²) in [5.74, 6) is 0. The van der Waals surface area contributed by atoms with Gasteiger partial charge >= 0.3 is 6.03 Å². The second-order valence-electron chi connectivity index (χ2n) is 6.55. The molecule has 0 aliphatic rings. The molecule has 2 amide bonds. The third-order valence-electron chi connectivity index (χ3n) is 4.62. The zero-order chi connectivity index (χ0) is 19.4. The van der Waals surface area contributed by atoms with Gasteiger partial charge in [0.25, 0.3) is 0 Å². The molecule has 0 aliphatic carbocycles. The van der Waals surface area contributed by atoms with E-state index >= 15 is 0 Å². The molecule has 3 aromatic rings. The minimum Gasteiger partial charge on any atom is -0.344 e. The van der Waals surface area contributed by atoms with E-state index in [4.69, 9.17) is 0 Å². The van der Waals surface area contributed by atoms with Crippen LogP contribution in [0.2, 0.25) is 0 Å². The molecule has 0 aliphatic heterocycles. The van der Waals surface area contributed by atoms with Crippen molar-refractivity contribution in [3.05, 3.63) is 64.3 Å². The van der Waals surface area contributed by atoms with Crippen molar-refractivity contribution in [2.75, 3.05) is 5.32 Å². The number of halogens is 1. The van der Waals surface area contributed by atoms with Crippen LogP contribution in [0, 0.1) is 6.92 Å². The molecule has 27 heavy (non-hydrogen) atoms. The Morgan fingerprint density at radius 3 is 2.81 bits per heavy atom. The van der Waals surface area contributed by atoms with Crippen LogP contribution in [0.4, 0.5) is 10.5 Å². The molecular formula is C21H23BrN4O. The average Bonchev–Trinajstić information content (AvgIpc) is 3.03. The molecule has 0 saturated heterocycles. The summed E-state index contributed by atoms with van der Waals surface area (Å²) in [6.07, 6.45) is 4.82. The lowest BCUT2D eigenvalue weighted by Crippen LogP contribution is -2.24. The first-order valence-corrected chi connectivity index (χ1v) is 9.74. The number of carbonyl (C=O) groups is 1. The SMILES string of the molecule is CC[C@@H](C)n1cc(/C=N\NC(=O)Nc2ccc(Br)c(C)c2)c2ccccc21. The number of aryl methyl sites for hydroxylation is 1. The van der Waals surface area contributed by atoms with Crippen molar-refractivity contribution in [2.45, 2.75) is 33.2 Å². The number of anilines is 1. The summed E-state index contributed by atoms with van der Waals surface area (Å²) < 4.78 is 3.26. The van der Waals surface area contributed by atoms with E-state index in [1.165, 1.54) is 5.52 Å². The summed E-state index contributed by atoms with van der Waals surface area (Å²) in [5.41, 5.74) is 6.45. The molecule has 6 heteroatoms. The van der Waals surface area contributed by atoms with Crippen LogP contribution in [0.3, 0.4) is 0 Å². The fraction of sp³-hybridized carbons (Fsp3) is 0.238. The molecule has 2 N–H and O–H groups in total. The van der Waals surface area contributed by atoms with Crippen molar-refractivity contribution in [3.63, 3.8) is 0 Å². The second-order valence-corrected chi connectivity index (χ2v) is 7.41. The number of nitrogens with one attached hydrogen (secondary N) is 2. The molecule has 1 aromatic heterocycles. The van der Waals surface area contributed by atoms with E-state index in [1.54, 1.807) is 6.21 Å². The van der Waals surface area contributed by atoms with Crippen LogP contribution in [0.5, 0.6) is 0 Å². The highest BCUT2D eigenvalue weighted by atomic mass is 79.9. The normalized spacial score (nSPS) is 12.4. The highest BCUT2D eigenvalue weighted by Gasteiger charge is 2.10. The molecule has 0 spiro atoms. The van der Waals surface area contributed by atoms with Gasteiger partial charge in [-0.3, -0.25) is 0 Å². The highest BCUT2D eigenvalue weighted by molar-refractivity contribution is 9.10. The molecule has 1 heterocycles. The molecule has 5 nitrogen and oxygen atoms in total. The number of fused-ring (bicyclic) bond motifs is 1. The first-order valence-electron chi connectivity index (χ1n) is 8.95. The topological polar surface area (TPSA) is 58.4 Å². The third kappa shape index (κ3) is 4.39. The smallest absolute Gasteiger partial charge is 0.339 e. The Kier molecular flexibility index (Phi) is 5.96. The van der Waals surface area contributed by atoms with Gasteiger partial charge in [-0.25, -0.2) is 10.2 Å². The second kappa shape index (κ2) is 8.39. The van der Waals surface area contributed by atoms with Gasteiger partial charge in [0.15, 0.2) is 0 Å². The summed E-state index contributed by atoms with van der Waals surface area (Å²) in [6, 6.07) is 13.9. The van der Waals surface area contributed by atoms with Crippen LogP contribution in [-0.2, 0) is 0 Å². The van der Waals surface area contributed by atoms with Gasteiger partial charge in [0.2, 0.25) is 0 Å². The molecule has 3 rings (SSSR count). The molecule has 1 atom stereocenters. The largest absolute Gasteiger partial charge is 0.344 e. The van der Waals surface area contributed by atoms with E-state index in [0.717, 1.165) is 33.1 Å². The molecule has 0 bridgehead atoms. The predicted molar refractivity (Wildman–Crippen MR) is 116 cm³/mol. The molecule has 0 radical (unpaired) electrons. The van der Waals surface area contributed by atoms with Crippen LogP contribution in [-0.4, -0.2) is 16.8 Å². The van der Waals surface area contributed by atoms with Crippen LogP contribution >= 0.6 is 15.9 Å². The number of aromatic nitrogens is 1. The average molecular weight is 427 g/mol. The highest BCUT2D eigenvalue weighted by Crippen LogP contribution is 2.25. The summed E-state index contributed by atoms with van der Waals surface area (Å²) in [4.78, 5) is 12.1. The maximum atomic E-state index is 12.1. The number of hydrazone groups is 1. The van der Waals surface area contributed by atoms with Crippen molar-refractivity contribution in [3.8, 4) is 0 Å². The lowest BCUT2D eigenvalue weighted by atomic mass is 10.2. The van der Waals surface area contributed by atoms with Gasteiger partial charge in [-0.15, -0.1) is 0 Å². The Morgan fingerprint density at radius 1 is 1.30 bits per heavy atom. The van der Waals surface area contributed by atoms with Crippen LogP contribution < -0.4 is 10.7 Å². The van der Waals surface area contributed by atoms with E-state index in [1.807, 2.05) is 37.3 Å². The van der Waals surface area contributed by atoms with Gasteiger partial charge in [-0.1, -0.05) is 41.1 Å². The summed E-state index contributed by atoms with van der Waals surface area (Å²) >= 11 is 3.45. The number of carbonyl (C=O) groups excluding carboxylic acids is 1. The van der Waals surface area contributed by atoms with Gasteiger partial charge in [0.1, 0.15) is 0 Å². The minimum absolute atomic E-state index is 0.376. The molecule has 0 fully saturated rings. The first-order chi connectivity index (χ1) is 13.0. The zero-order valence-corrected chi connectivity index (χ0v) is 17.2. The molecule has 140 valence electrons. The maximum Gasteiger partial charge on any atom is 0.339 e. The summed E-state index contributed by atoms with van der Waals surface area (Å²) in [6.45, 7) is 6.33. The van der Waals surface area contributed by atoms with E-state index in [0.29, 0.717) is 6.04 Å². The summed E-state index contributed by atoms with van der Waals surface area (Å²) in [7, 11) is 0. The number of rotatable bonds is 5. The zero-order valence-electron chi connectivity index (χ0n) is 15.7. The number of nitrogens with zero attached hydrogens (tertiary/aromatic N) is 2. The van der Waals surface area contributed by atoms with Gasteiger partial charge in [-0.2, -0.15) is 5.10 Å². The third-order valence-corrected chi connectivity index (χ3v) is 5.51. The first kappa shape index (κ1) is 19.2. The Bertz CT molecular complexity index is 993. The quantitative estimate of drug-likeness (QED) is 0.390. The van der Waals surface area contributed by atoms with E-state index in [9.17, 15) is 4.79 Å². The van der Waals surface area contributed by atoms with Crippen molar-refractivity contribution in [1.82, 2.24) is 9.99 Å². The molecular weight excluding hydrogens is 404 g/mol. The monoisotopic (exact) mass is 426 g/mol.